The number of aryl methyl sites for hydroxylation is 1. The van der Waals surface area contributed by atoms with Gasteiger partial charge in [-0.2, -0.15) is 0 Å². The summed E-state index contributed by atoms with van der Waals surface area (Å²) in [6.07, 6.45) is 1.95. The number of primary amides is 1. The van der Waals surface area contributed by atoms with E-state index in [1.807, 2.05) is 12.1 Å². The molecule has 1 amide bonds. The summed E-state index contributed by atoms with van der Waals surface area (Å²) in [5, 5.41) is 0.662. The summed E-state index contributed by atoms with van der Waals surface area (Å²) in [6, 6.07) is 7.24. The van der Waals surface area contributed by atoms with Crippen LogP contribution >= 0.6 is 34.9 Å². The molecule has 0 saturated carbocycles. The highest BCUT2D eigenvalue weighted by Gasteiger charge is 2.24. The van der Waals surface area contributed by atoms with E-state index >= 15 is 0 Å². The van der Waals surface area contributed by atoms with Crippen molar-refractivity contribution in [1.82, 2.24) is 9.55 Å². The van der Waals surface area contributed by atoms with Gasteiger partial charge in [0.2, 0.25) is 5.91 Å². The van der Waals surface area contributed by atoms with Crippen molar-refractivity contribution in [2.24, 2.45) is 5.73 Å². The number of aromatic nitrogens is 2. The average molecular weight is 434 g/mol. The highest BCUT2D eigenvalue weighted by atomic mass is 32.2. The van der Waals surface area contributed by atoms with E-state index in [4.69, 9.17) is 15.5 Å². The molecular formula is C19H19N3O3S3. The average Bonchev–Trinajstić information content (AvgIpc) is 3.06. The summed E-state index contributed by atoms with van der Waals surface area (Å²) in [4.78, 5) is 30.7. The fraction of sp³-hybridized carbons (Fsp3) is 0.316. The number of nitrogens with two attached hydrogens (primary N) is 1. The number of hydrogen-bond acceptors (Lipinski definition) is 7. The number of ether oxygens (including phenoxy) is 1. The number of amides is 1. The standard InChI is InChI=1S/C19H19N3O3S3/c1-10(15(20)23)27-19-21-16-14(13-4-3-9-26-18(13)28-16)17(24)22(19)11-5-7-12(25-2)8-6-11/h5-8,10H,3-4,9H2,1-2H3,(H2,20,23)/t10-/m0/s1. The Balaban J connectivity index is 1.96. The van der Waals surface area contributed by atoms with Gasteiger partial charge in [-0.1, -0.05) is 11.8 Å². The Morgan fingerprint density at radius 2 is 2.11 bits per heavy atom. The van der Waals surface area contributed by atoms with Crippen LogP contribution in [0.25, 0.3) is 15.9 Å². The summed E-state index contributed by atoms with van der Waals surface area (Å²) in [6.45, 7) is 1.72. The van der Waals surface area contributed by atoms with Gasteiger partial charge in [0, 0.05) is 0 Å². The molecule has 2 N–H and O–H groups in total. The Kier molecular flexibility index (Phi) is 5.39. The van der Waals surface area contributed by atoms with Crippen LogP contribution in [0.4, 0.5) is 0 Å². The minimum atomic E-state index is -0.502. The SMILES string of the molecule is COc1ccc(-n2c(S[C@@H](C)C(N)=O)nc3sc4c(c3c2=O)CCCS4)cc1. The first-order valence-electron chi connectivity index (χ1n) is 8.81. The number of carbonyl (C=O) groups excluding carboxylic acids is 1. The lowest BCUT2D eigenvalue weighted by molar-refractivity contribution is -0.117. The van der Waals surface area contributed by atoms with Crippen LogP contribution in [0.3, 0.4) is 0 Å². The molecule has 6 nitrogen and oxygen atoms in total. The Labute approximate surface area is 174 Å². The largest absolute Gasteiger partial charge is 0.497 e. The molecule has 1 aromatic carbocycles. The molecule has 0 fully saturated rings. The van der Waals surface area contributed by atoms with Crippen molar-refractivity contribution in [3.05, 3.63) is 40.2 Å². The molecule has 0 radical (unpaired) electrons. The Morgan fingerprint density at radius 1 is 1.36 bits per heavy atom. The maximum absolute atomic E-state index is 13.5. The van der Waals surface area contributed by atoms with Gasteiger partial charge in [0.05, 0.1) is 27.6 Å². The van der Waals surface area contributed by atoms with E-state index in [2.05, 4.69) is 0 Å². The number of benzene rings is 1. The van der Waals surface area contributed by atoms with Crippen LogP contribution in [-0.4, -0.2) is 33.6 Å². The lowest BCUT2D eigenvalue weighted by Gasteiger charge is -2.15. The third-order valence-electron chi connectivity index (χ3n) is 4.57. The van der Waals surface area contributed by atoms with Crippen molar-refractivity contribution >= 4 is 51.0 Å². The normalized spacial score (nSPS) is 14.6. The van der Waals surface area contributed by atoms with E-state index in [1.165, 1.54) is 16.0 Å². The van der Waals surface area contributed by atoms with Crippen molar-refractivity contribution in [3.8, 4) is 11.4 Å². The lowest BCUT2D eigenvalue weighted by Crippen LogP contribution is -2.26. The second-order valence-corrected chi connectivity index (χ2v) is 10.1. The van der Waals surface area contributed by atoms with Crippen molar-refractivity contribution in [1.29, 1.82) is 0 Å². The number of thiophene rings is 1. The quantitative estimate of drug-likeness (QED) is 0.490. The van der Waals surface area contributed by atoms with Crippen LogP contribution in [0.15, 0.2) is 38.4 Å². The highest BCUT2D eigenvalue weighted by Crippen LogP contribution is 2.41. The monoisotopic (exact) mass is 433 g/mol. The van der Waals surface area contributed by atoms with Crippen molar-refractivity contribution < 1.29 is 9.53 Å². The van der Waals surface area contributed by atoms with E-state index < -0.39 is 11.2 Å². The molecule has 9 heteroatoms. The van der Waals surface area contributed by atoms with Gasteiger partial charge >= 0.3 is 0 Å². The topological polar surface area (TPSA) is 87.2 Å². The van der Waals surface area contributed by atoms with Gasteiger partial charge in [-0.05, 0) is 55.3 Å². The van der Waals surface area contributed by atoms with Gasteiger partial charge in [-0.15, -0.1) is 23.1 Å². The zero-order valence-electron chi connectivity index (χ0n) is 15.4. The molecule has 0 unspecified atom stereocenters. The molecular weight excluding hydrogens is 414 g/mol. The summed E-state index contributed by atoms with van der Waals surface area (Å²) in [5.41, 5.74) is 7.14. The first-order valence-corrected chi connectivity index (χ1v) is 11.5. The van der Waals surface area contributed by atoms with Gasteiger partial charge in [0.1, 0.15) is 10.6 Å². The minimum absolute atomic E-state index is 0.102. The first kappa shape index (κ1) is 19.4. The predicted octanol–water partition coefficient (Wildman–Crippen LogP) is 3.46. The van der Waals surface area contributed by atoms with Crippen LogP contribution in [0, 0.1) is 0 Å². The number of rotatable bonds is 5. The van der Waals surface area contributed by atoms with Crippen LogP contribution < -0.4 is 16.0 Å². The molecule has 1 aliphatic heterocycles. The predicted molar refractivity (Wildman–Crippen MR) is 115 cm³/mol. The van der Waals surface area contributed by atoms with Crippen LogP contribution in [0.2, 0.25) is 0 Å². The number of fused-ring (bicyclic) bond motifs is 3. The van der Waals surface area contributed by atoms with E-state index in [-0.39, 0.29) is 5.56 Å². The molecule has 0 saturated heterocycles. The van der Waals surface area contributed by atoms with E-state index in [0.29, 0.717) is 22.0 Å². The molecule has 4 rings (SSSR count). The molecule has 1 atom stereocenters. The van der Waals surface area contributed by atoms with Gasteiger partial charge < -0.3 is 10.5 Å². The van der Waals surface area contributed by atoms with Crippen molar-refractivity contribution in [2.45, 2.75) is 34.4 Å². The summed E-state index contributed by atoms with van der Waals surface area (Å²) in [5.74, 6) is 1.32. The zero-order valence-corrected chi connectivity index (χ0v) is 17.9. The van der Waals surface area contributed by atoms with E-state index in [1.54, 1.807) is 53.8 Å². The molecule has 2 aromatic heterocycles. The fourth-order valence-corrected chi connectivity index (χ4v) is 6.53. The van der Waals surface area contributed by atoms with E-state index in [0.717, 1.165) is 29.0 Å². The second kappa shape index (κ2) is 7.81. The van der Waals surface area contributed by atoms with Gasteiger partial charge in [-0.25, -0.2) is 4.98 Å². The third kappa shape index (κ3) is 3.42. The maximum atomic E-state index is 13.5. The smallest absolute Gasteiger partial charge is 0.267 e. The molecule has 3 heterocycles. The van der Waals surface area contributed by atoms with Gasteiger partial charge in [0.25, 0.3) is 5.56 Å². The first-order chi connectivity index (χ1) is 13.5. The summed E-state index contributed by atoms with van der Waals surface area (Å²) in [7, 11) is 1.60. The van der Waals surface area contributed by atoms with Crippen molar-refractivity contribution in [2.75, 3.05) is 12.9 Å². The van der Waals surface area contributed by atoms with Gasteiger partial charge in [-0.3, -0.25) is 14.2 Å². The van der Waals surface area contributed by atoms with Crippen LogP contribution in [0.5, 0.6) is 5.75 Å². The number of hydrogen-bond donors (Lipinski definition) is 1. The summed E-state index contributed by atoms with van der Waals surface area (Å²) < 4.78 is 7.98. The van der Waals surface area contributed by atoms with Crippen LogP contribution in [0.1, 0.15) is 18.9 Å². The number of nitrogens with zero attached hydrogens (tertiary/aromatic N) is 2. The Bertz CT molecular complexity index is 1110. The second-order valence-electron chi connectivity index (χ2n) is 6.40. The molecule has 1 aliphatic rings. The lowest BCUT2D eigenvalue weighted by atomic mass is 10.1. The molecule has 0 aliphatic carbocycles. The van der Waals surface area contributed by atoms with Gasteiger partial charge in [0.15, 0.2) is 5.16 Å². The van der Waals surface area contributed by atoms with Crippen LogP contribution in [-0.2, 0) is 11.2 Å². The number of methoxy groups -OCH3 is 1. The molecule has 0 spiro atoms. The molecule has 28 heavy (non-hydrogen) atoms. The minimum Gasteiger partial charge on any atom is -0.497 e. The van der Waals surface area contributed by atoms with E-state index in [9.17, 15) is 9.59 Å². The third-order valence-corrected chi connectivity index (χ3v) is 8.17. The fourth-order valence-electron chi connectivity index (χ4n) is 3.08. The zero-order chi connectivity index (χ0) is 19.8. The number of carbonyl (C=O) groups is 1. The number of thioether (sulfide) groups is 2. The molecule has 3 aromatic rings. The molecule has 146 valence electrons. The highest BCUT2D eigenvalue weighted by molar-refractivity contribution is 8.01. The van der Waals surface area contributed by atoms with Crippen molar-refractivity contribution in [3.63, 3.8) is 0 Å². The maximum Gasteiger partial charge on any atom is 0.267 e. The Morgan fingerprint density at radius 3 is 2.79 bits per heavy atom. The summed E-state index contributed by atoms with van der Waals surface area (Å²) >= 11 is 4.55. The molecule has 0 bridgehead atoms. The Hall–Kier alpha value is -1.97.